The van der Waals surface area contributed by atoms with Crippen molar-refractivity contribution in [2.24, 2.45) is 11.8 Å². The van der Waals surface area contributed by atoms with Gasteiger partial charge in [-0.3, -0.25) is 0 Å². The number of hydrogen-bond donors (Lipinski definition) is 0. The number of nitroso groups, excluding NO2 is 1. The molecule has 0 spiro atoms. The maximum atomic E-state index is 11.1. The van der Waals surface area contributed by atoms with E-state index in [2.05, 4.69) is 15.9 Å². The van der Waals surface area contributed by atoms with Gasteiger partial charge in [0.05, 0.1) is 0 Å². The van der Waals surface area contributed by atoms with Crippen molar-refractivity contribution in [2.75, 3.05) is 13.1 Å². The number of alkyl halides is 1. The van der Waals surface area contributed by atoms with E-state index in [0.717, 1.165) is 30.3 Å². The molecule has 1 aliphatic heterocycles. The van der Waals surface area contributed by atoms with Gasteiger partial charge in [-0.05, 0) is 29.9 Å². The minimum absolute atomic E-state index is 0.699. The summed E-state index contributed by atoms with van der Waals surface area (Å²) in [5.41, 5.74) is 0. The van der Waals surface area contributed by atoms with Crippen LogP contribution in [0, 0.1) is 16.7 Å². The molecular formula is C9H15BrNO+. The molecule has 1 heterocycles. The number of fused-ring (bicyclic) bond motifs is 1. The van der Waals surface area contributed by atoms with Gasteiger partial charge in [0, 0.05) is 22.1 Å². The van der Waals surface area contributed by atoms with Crippen LogP contribution in [0.4, 0.5) is 0 Å². The minimum atomic E-state index is 0.699. The number of hydrogen-bond acceptors (Lipinski definition) is 1. The first-order valence-corrected chi connectivity index (χ1v) is 5.73. The van der Waals surface area contributed by atoms with Gasteiger partial charge in [0.25, 0.3) is 0 Å². The highest BCUT2D eigenvalue weighted by Crippen LogP contribution is 2.37. The van der Waals surface area contributed by atoms with Crippen molar-refractivity contribution in [2.45, 2.75) is 30.5 Å². The van der Waals surface area contributed by atoms with Crippen LogP contribution in [0.5, 0.6) is 0 Å². The van der Waals surface area contributed by atoms with Crippen LogP contribution < -0.4 is 0 Å². The highest BCUT2D eigenvalue weighted by atomic mass is 79.9. The summed E-state index contributed by atoms with van der Waals surface area (Å²) < 4.78 is 1.25. The second-order valence-electron chi connectivity index (χ2n) is 4.11. The summed E-state index contributed by atoms with van der Waals surface area (Å²) in [6.07, 6.45) is 4.92. The Morgan fingerprint density at radius 3 is 2.83 bits per heavy atom. The summed E-state index contributed by atoms with van der Waals surface area (Å²) in [5, 5.41) is 0. The van der Waals surface area contributed by atoms with Gasteiger partial charge in [0.15, 0.2) is 13.1 Å². The van der Waals surface area contributed by atoms with Crippen LogP contribution in [0.25, 0.3) is 0 Å². The van der Waals surface area contributed by atoms with Crippen molar-refractivity contribution in [1.29, 1.82) is 0 Å². The second kappa shape index (κ2) is 3.44. The van der Waals surface area contributed by atoms with Crippen molar-refractivity contribution < 1.29 is 4.76 Å². The molecule has 2 aliphatic rings. The highest BCUT2D eigenvalue weighted by molar-refractivity contribution is 9.09. The predicted molar refractivity (Wildman–Crippen MR) is 51.5 cm³/mol. The van der Waals surface area contributed by atoms with Crippen molar-refractivity contribution in [3.8, 4) is 0 Å². The molecule has 0 amide bonds. The van der Waals surface area contributed by atoms with Crippen LogP contribution in [0.15, 0.2) is 0 Å². The zero-order valence-corrected chi connectivity index (χ0v) is 8.79. The van der Waals surface area contributed by atoms with Gasteiger partial charge in [0.2, 0.25) is 0 Å². The molecule has 0 aromatic heterocycles. The quantitative estimate of drug-likeness (QED) is 0.464. The summed E-state index contributed by atoms with van der Waals surface area (Å²) in [6, 6.07) is 0. The molecule has 1 saturated carbocycles. The first-order chi connectivity index (χ1) is 5.75. The maximum absolute atomic E-state index is 11.1. The Morgan fingerprint density at radius 2 is 2.00 bits per heavy atom. The largest absolute Gasteiger partial charge is 0.195 e. The number of halogens is 1. The first kappa shape index (κ1) is 8.67. The van der Waals surface area contributed by atoms with Crippen LogP contribution >= 0.6 is 15.9 Å². The first-order valence-electron chi connectivity index (χ1n) is 4.82. The Labute approximate surface area is 81.4 Å². The molecule has 2 nitrogen and oxygen atoms in total. The van der Waals surface area contributed by atoms with Crippen molar-refractivity contribution in [3.63, 3.8) is 0 Å². The molecule has 3 atom stereocenters. The molecule has 0 radical (unpaired) electrons. The smallest absolute Gasteiger partial charge is 0.0891 e. The lowest BCUT2D eigenvalue weighted by atomic mass is 9.75. The lowest BCUT2D eigenvalue weighted by molar-refractivity contribution is -0.570. The van der Waals surface area contributed by atoms with E-state index in [-0.39, 0.29) is 0 Å². The zero-order chi connectivity index (χ0) is 8.55. The van der Waals surface area contributed by atoms with Crippen LogP contribution in [0.2, 0.25) is 0 Å². The molecule has 68 valence electrons. The van der Waals surface area contributed by atoms with Gasteiger partial charge in [-0.25, -0.2) is 0 Å². The van der Waals surface area contributed by atoms with E-state index >= 15 is 0 Å². The third-order valence-electron chi connectivity index (χ3n) is 3.26. The summed E-state index contributed by atoms with van der Waals surface area (Å²) in [4.78, 5) is 11.8. The van der Waals surface area contributed by atoms with Gasteiger partial charge in [-0.15, -0.1) is 0 Å². The molecule has 0 aromatic rings. The molecule has 3 unspecified atom stereocenters. The molecule has 0 N–H and O–H groups in total. The van der Waals surface area contributed by atoms with E-state index in [9.17, 15) is 4.91 Å². The topological polar surface area (TPSA) is 20.1 Å². The lowest BCUT2D eigenvalue weighted by Crippen LogP contribution is -2.37. The summed E-state index contributed by atoms with van der Waals surface area (Å²) >= 11 is 3.67. The van der Waals surface area contributed by atoms with Crippen molar-refractivity contribution >= 4 is 15.9 Å². The third kappa shape index (κ3) is 1.70. The predicted octanol–water partition coefficient (Wildman–Crippen LogP) is 2.35. The summed E-state index contributed by atoms with van der Waals surface area (Å²) in [6.45, 7) is 1.56. The van der Waals surface area contributed by atoms with Crippen molar-refractivity contribution in [3.05, 3.63) is 4.91 Å². The molecule has 2 rings (SSSR count). The van der Waals surface area contributed by atoms with Gasteiger partial charge >= 0.3 is 0 Å². The Morgan fingerprint density at radius 1 is 1.17 bits per heavy atom. The Kier molecular flexibility index (Phi) is 2.49. The number of nitrogens with zero attached hydrogens (tertiary/aromatic N) is 1. The molecule has 1 aliphatic carbocycles. The Hall–Kier alpha value is 0.0800. The fourth-order valence-electron chi connectivity index (χ4n) is 2.53. The van der Waals surface area contributed by atoms with Gasteiger partial charge < -0.3 is 0 Å². The molecule has 0 bridgehead atoms. The molecule has 3 heteroatoms. The average molecular weight is 233 g/mol. The van der Waals surface area contributed by atoms with E-state index < -0.39 is 0 Å². The summed E-state index contributed by atoms with van der Waals surface area (Å²) in [5.74, 6) is 1.53. The second-order valence-corrected chi connectivity index (χ2v) is 5.40. The number of piperidine rings is 1. The van der Waals surface area contributed by atoms with E-state index in [4.69, 9.17) is 0 Å². The molecular weight excluding hydrogens is 218 g/mol. The standard InChI is InChI=1S/C9H15BrNO/c10-9-2-1-8-6-11(12)4-3-7(8)5-9/h7-9H,1-6H2/q+1. The maximum Gasteiger partial charge on any atom is 0.195 e. The van der Waals surface area contributed by atoms with Crippen LogP contribution in [-0.4, -0.2) is 22.7 Å². The fraction of sp³-hybridized carbons (Fsp3) is 1.00. The van der Waals surface area contributed by atoms with Gasteiger partial charge in [-0.1, -0.05) is 15.9 Å². The molecule has 0 aromatic carbocycles. The van der Waals surface area contributed by atoms with Gasteiger partial charge in [0.1, 0.15) is 0 Å². The minimum Gasteiger partial charge on any atom is -0.0891 e. The molecule has 2 fully saturated rings. The van der Waals surface area contributed by atoms with Crippen molar-refractivity contribution in [1.82, 2.24) is 0 Å². The average Bonchev–Trinajstić information content (AvgIpc) is 2.05. The highest BCUT2D eigenvalue weighted by Gasteiger charge is 2.37. The summed E-state index contributed by atoms with van der Waals surface area (Å²) in [7, 11) is 0. The fourth-order valence-corrected chi connectivity index (χ4v) is 3.27. The monoisotopic (exact) mass is 232 g/mol. The lowest BCUT2D eigenvalue weighted by Gasteiger charge is -2.33. The molecule has 12 heavy (non-hydrogen) atoms. The normalized spacial score (nSPS) is 42.4. The van der Waals surface area contributed by atoms with E-state index in [1.54, 1.807) is 0 Å². The third-order valence-corrected chi connectivity index (χ3v) is 4.09. The van der Waals surface area contributed by atoms with E-state index in [1.165, 1.54) is 24.0 Å². The Bertz CT molecular complexity index is 195. The van der Waals surface area contributed by atoms with Crippen LogP contribution in [0.1, 0.15) is 25.7 Å². The SMILES string of the molecule is O=[N+]1CCC2CC(Br)CCC2C1. The Balaban J connectivity index is 1.98. The van der Waals surface area contributed by atoms with Gasteiger partial charge in [-0.2, -0.15) is 0 Å². The molecule has 1 saturated heterocycles. The van der Waals surface area contributed by atoms with Crippen LogP contribution in [0.3, 0.4) is 0 Å². The van der Waals surface area contributed by atoms with E-state index in [1.807, 2.05) is 0 Å². The number of rotatable bonds is 0. The van der Waals surface area contributed by atoms with E-state index in [0.29, 0.717) is 5.92 Å². The zero-order valence-electron chi connectivity index (χ0n) is 7.21. The van der Waals surface area contributed by atoms with Crippen LogP contribution in [-0.2, 0) is 0 Å².